The summed E-state index contributed by atoms with van der Waals surface area (Å²) in [4.78, 5) is 26.8. The second kappa shape index (κ2) is 6.96. The first kappa shape index (κ1) is 18.5. The van der Waals surface area contributed by atoms with Crippen LogP contribution in [0.5, 0.6) is 0 Å². The molecule has 1 aromatic rings. The lowest BCUT2D eigenvalue weighted by Gasteiger charge is -2.41. The van der Waals surface area contributed by atoms with E-state index in [1.807, 2.05) is 32.6 Å². The van der Waals surface area contributed by atoms with Crippen LogP contribution in [0.3, 0.4) is 0 Å². The van der Waals surface area contributed by atoms with Crippen molar-refractivity contribution in [2.75, 3.05) is 24.5 Å². The van der Waals surface area contributed by atoms with E-state index in [4.69, 9.17) is 4.74 Å². The predicted octanol–water partition coefficient (Wildman–Crippen LogP) is 3.80. The summed E-state index contributed by atoms with van der Waals surface area (Å²) in [7, 11) is 0. The highest BCUT2D eigenvalue weighted by Gasteiger charge is 2.32. The molecule has 1 amide bonds. The zero-order valence-corrected chi connectivity index (χ0v) is 15.9. The number of piperazine rings is 1. The van der Waals surface area contributed by atoms with Crippen molar-refractivity contribution in [3.05, 3.63) is 32.8 Å². The minimum absolute atomic E-state index is 0.0659. The molecule has 1 atom stereocenters. The van der Waals surface area contributed by atoms with Gasteiger partial charge in [0.05, 0.1) is 4.92 Å². The van der Waals surface area contributed by atoms with Gasteiger partial charge in [-0.25, -0.2) is 4.79 Å². The van der Waals surface area contributed by atoms with Crippen LogP contribution < -0.4 is 4.90 Å². The van der Waals surface area contributed by atoms with Gasteiger partial charge in [0.2, 0.25) is 0 Å². The van der Waals surface area contributed by atoms with Crippen LogP contribution in [0.4, 0.5) is 16.2 Å². The average Bonchev–Trinajstić information content (AvgIpc) is 2.44. The Labute approximate surface area is 149 Å². The molecule has 0 aromatic heterocycles. The number of hydrogen-bond donors (Lipinski definition) is 0. The highest BCUT2D eigenvalue weighted by Crippen LogP contribution is 2.32. The summed E-state index contributed by atoms with van der Waals surface area (Å²) in [5.41, 5.74) is 0.0815. The fourth-order valence-corrected chi connectivity index (χ4v) is 3.02. The van der Waals surface area contributed by atoms with Gasteiger partial charge < -0.3 is 14.5 Å². The lowest BCUT2D eigenvalue weighted by molar-refractivity contribution is -0.384. The molecule has 1 aliphatic heterocycles. The van der Waals surface area contributed by atoms with Crippen LogP contribution in [-0.2, 0) is 4.74 Å². The molecule has 1 saturated heterocycles. The molecule has 1 aliphatic rings. The molecule has 7 nitrogen and oxygen atoms in total. The van der Waals surface area contributed by atoms with E-state index in [2.05, 4.69) is 15.9 Å². The number of ether oxygens (including phenoxy) is 1. The molecule has 0 bridgehead atoms. The molecule has 132 valence electrons. The fourth-order valence-electron chi connectivity index (χ4n) is 2.67. The Morgan fingerprint density at radius 3 is 2.58 bits per heavy atom. The van der Waals surface area contributed by atoms with E-state index in [-0.39, 0.29) is 22.7 Å². The number of benzene rings is 1. The molecule has 0 aliphatic carbocycles. The normalized spacial score (nSPS) is 18.5. The van der Waals surface area contributed by atoms with Crippen molar-refractivity contribution in [3.8, 4) is 0 Å². The minimum Gasteiger partial charge on any atom is -0.444 e. The number of nitro benzene ring substituents is 1. The quantitative estimate of drug-likeness (QED) is 0.558. The predicted molar refractivity (Wildman–Crippen MR) is 95.4 cm³/mol. The number of anilines is 1. The van der Waals surface area contributed by atoms with Gasteiger partial charge in [-0.2, -0.15) is 0 Å². The standard InChI is InChI=1S/C16H22BrN3O4/c1-11-10-18(7-8-19(11)15(21)24-16(2,3)4)14-9-12(17)5-6-13(14)20(22)23/h5-6,9,11H,7-8,10H2,1-4H3/t11-/m0/s1. The first-order valence-electron chi connectivity index (χ1n) is 7.77. The molecule has 0 radical (unpaired) electrons. The molecule has 24 heavy (non-hydrogen) atoms. The van der Waals surface area contributed by atoms with E-state index in [0.29, 0.717) is 25.3 Å². The topological polar surface area (TPSA) is 75.9 Å². The summed E-state index contributed by atoms with van der Waals surface area (Å²) < 4.78 is 6.21. The third kappa shape index (κ3) is 4.37. The summed E-state index contributed by atoms with van der Waals surface area (Å²) in [6.45, 7) is 8.89. The maximum atomic E-state index is 12.3. The summed E-state index contributed by atoms with van der Waals surface area (Å²) in [5.74, 6) is 0. The Morgan fingerprint density at radius 1 is 1.38 bits per heavy atom. The first-order valence-corrected chi connectivity index (χ1v) is 8.56. The summed E-state index contributed by atoms with van der Waals surface area (Å²) in [6.07, 6.45) is -0.349. The number of halogens is 1. The Balaban J connectivity index is 2.15. The van der Waals surface area contributed by atoms with Gasteiger partial charge in [-0.1, -0.05) is 15.9 Å². The van der Waals surface area contributed by atoms with Gasteiger partial charge in [-0.15, -0.1) is 0 Å². The van der Waals surface area contributed by atoms with Gasteiger partial charge in [0.1, 0.15) is 11.3 Å². The van der Waals surface area contributed by atoms with Gasteiger partial charge in [-0.05, 0) is 39.8 Å². The van der Waals surface area contributed by atoms with Gasteiger partial charge >= 0.3 is 6.09 Å². The second-order valence-corrected chi connectivity index (χ2v) is 7.77. The Hall–Kier alpha value is -1.83. The molecule has 1 fully saturated rings. The van der Waals surface area contributed by atoms with Gasteiger partial charge in [0.15, 0.2) is 0 Å². The van der Waals surface area contributed by atoms with E-state index in [9.17, 15) is 14.9 Å². The molecule has 8 heteroatoms. The fraction of sp³-hybridized carbons (Fsp3) is 0.562. The number of amides is 1. The first-order chi connectivity index (χ1) is 11.1. The van der Waals surface area contributed by atoms with E-state index in [1.165, 1.54) is 6.07 Å². The molecular formula is C16H22BrN3O4. The highest BCUT2D eigenvalue weighted by atomic mass is 79.9. The van der Waals surface area contributed by atoms with E-state index in [1.54, 1.807) is 17.0 Å². The van der Waals surface area contributed by atoms with Crippen LogP contribution in [0.15, 0.2) is 22.7 Å². The Morgan fingerprint density at radius 2 is 2.04 bits per heavy atom. The number of nitrogens with zero attached hydrogens (tertiary/aromatic N) is 3. The molecule has 0 spiro atoms. The summed E-state index contributed by atoms with van der Waals surface area (Å²) in [5, 5.41) is 11.3. The number of hydrogen-bond acceptors (Lipinski definition) is 5. The summed E-state index contributed by atoms with van der Waals surface area (Å²) in [6, 6.07) is 4.78. The molecule has 2 rings (SSSR count). The van der Waals surface area contributed by atoms with Crippen molar-refractivity contribution in [1.29, 1.82) is 0 Å². The molecule has 1 heterocycles. The highest BCUT2D eigenvalue weighted by molar-refractivity contribution is 9.10. The van der Waals surface area contributed by atoms with Crippen molar-refractivity contribution in [2.24, 2.45) is 0 Å². The van der Waals surface area contributed by atoms with Crippen LogP contribution in [0.1, 0.15) is 27.7 Å². The third-order valence-corrected chi connectivity index (χ3v) is 4.22. The van der Waals surface area contributed by atoms with Crippen molar-refractivity contribution in [1.82, 2.24) is 4.90 Å². The van der Waals surface area contributed by atoms with Crippen molar-refractivity contribution in [2.45, 2.75) is 39.3 Å². The van der Waals surface area contributed by atoms with Gasteiger partial charge in [0, 0.05) is 36.2 Å². The SMILES string of the molecule is C[C@H]1CN(c2cc(Br)ccc2[N+](=O)[O-])CCN1C(=O)OC(C)(C)C. The average molecular weight is 400 g/mol. The molecule has 1 aromatic carbocycles. The van der Waals surface area contributed by atoms with Crippen LogP contribution in [0.2, 0.25) is 0 Å². The Bertz CT molecular complexity index is 645. The number of nitro groups is 1. The van der Waals surface area contributed by atoms with E-state index in [0.717, 1.165) is 4.47 Å². The third-order valence-electron chi connectivity index (χ3n) is 3.73. The zero-order chi connectivity index (χ0) is 18.1. The van der Waals surface area contributed by atoms with Crippen molar-refractivity contribution < 1.29 is 14.5 Å². The maximum absolute atomic E-state index is 12.3. The molecule has 0 unspecified atom stereocenters. The number of rotatable bonds is 2. The lowest BCUT2D eigenvalue weighted by atomic mass is 10.1. The number of carbonyl (C=O) groups is 1. The Kier molecular flexibility index (Phi) is 5.37. The number of carbonyl (C=O) groups excluding carboxylic acids is 1. The minimum atomic E-state index is -0.545. The summed E-state index contributed by atoms with van der Waals surface area (Å²) >= 11 is 3.36. The van der Waals surface area contributed by atoms with Crippen molar-refractivity contribution >= 4 is 33.4 Å². The lowest BCUT2D eigenvalue weighted by Crippen LogP contribution is -2.55. The second-order valence-electron chi connectivity index (χ2n) is 6.86. The zero-order valence-electron chi connectivity index (χ0n) is 14.3. The monoisotopic (exact) mass is 399 g/mol. The van der Waals surface area contributed by atoms with Crippen LogP contribution in [0, 0.1) is 10.1 Å². The van der Waals surface area contributed by atoms with Gasteiger partial charge in [-0.3, -0.25) is 10.1 Å². The maximum Gasteiger partial charge on any atom is 0.410 e. The molecule has 0 N–H and O–H groups in total. The molecular weight excluding hydrogens is 378 g/mol. The smallest absolute Gasteiger partial charge is 0.410 e. The van der Waals surface area contributed by atoms with Gasteiger partial charge in [0.25, 0.3) is 5.69 Å². The van der Waals surface area contributed by atoms with Crippen molar-refractivity contribution in [3.63, 3.8) is 0 Å². The largest absolute Gasteiger partial charge is 0.444 e. The van der Waals surface area contributed by atoms with Crippen LogP contribution >= 0.6 is 15.9 Å². The van der Waals surface area contributed by atoms with E-state index < -0.39 is 5.60 Å². The molecule has 0 saturated carbocycles. The van der Waals surface area contributed by atoms with Crippen LogP contribution in [-0.4, -0.2) is 47.2 Å². The van der Waals surface area contributed by atoms with Crippen LogP contribution in [0.25, 0.3) is 0 Å². The van der Waals surface area contributed by atoms with E-state index >= 15 is 0 Å².